The molecule has 0 aliphatic carbocycles. The molecule has 1 fully saturated rings. The molecule has 1 aromatic carbocycles. The van der Waals surface area contributed by atoms with Crippen LogP contribution in [-0.4, -0.2) is 63.1 Å². The highest BCUT2D eigenvalue weighted by Gasteiger charge is 2.34. The van der Waals surface area contributed by atoms with Crippen LogP contribution in [0.2, 0.25) is 0 Å². The van der Waals surface area contributed by atoms with Crippen molar-refractivity contribution in [1.82, 2.24) is 4.90 Å². The molecule has 0 N–H and O–H groups in total. The van der Waals surface area contributed by atoms with E-state index in [2.05, 4.69) is 20.7 Å². The fourth-order valence-electron chi connectivity index (χ4n) is 2.15. The van der Waals surface area contributed by atoms with Crippen molar-refractivity contribution in [2.24, 2.45) is 0 Å². The molecule has 0 radical (unpaired) electrons. The normalized spacial score (nSPS) is 15.4. The number of ether oxygens (including phenoxy) is 4. The maximum absolute atomic E-state index is 12.4. The smallest absolute Gasteiger partial charge is 0.343 e. The van der Waals surface area contributed by atoms with E-state index >= 15 is 0 Å². The van der Waals surface area contributed by atoms with Gasteiger partial charge >= 0.3 is 5.97 Å². The summed E-state index contributed by atoms with van der Waals surface area (Å²) in [6, 6.07) is 3.25. The molecule has 1 aliphatic heterocycles. The van der Waals surface area contributed by atoms with Crippen LogP contribution >= 0.6 is 27.7 Å². The second-order valence-corrected chi connectivity index (χ2v) is 7.06. The molecule has 0 atom stereocenters. The summed E-state index contributed by atoms with van der Waals surface area (Å²) in [5.74, 6) is -0.201. The number of methoxy groups -OCH3 is 3. The first-order valence-electron chi connectivity index (χ1n) is 7.72. The third-order valence-electron chi connectivity index (χ3n) is 3.54. The van der Waals surface area contributed by atoms with E-state index in [1.54, 1.807) is 18.2 Å². The summed E-state index contributed by atoms with van der Waals surface area (Å²) in [6.07, 6.45) is 1.59. The first-order valence-corrected chi connectivity index (χ1v) is 9.33. The minimum Gasteiger partial charge on any atom is -0.493 e. The molecule has 10 heteroatoms. The Labute approximate surface area is 168 Å². The van der Waals surface area contributed by atoms with Crippen molar-refractivity contribution < 1.29 is 33.3 Å². The average molecular weight is 460 g/mol. The minimum atomic E-state index is -0.526. The molecule has 146 valence electrons. The maximum atomic E-state index is 12.4. The Morgan fingerprint density at radius 2 is 1.96 bits per heavy atom. The summed E-state index contributed by atoms with van der Waals surface area (Å²) in [4.78, 5) is 37.1. The Morgan fingerprint density at radius 1 is 1.22 bits per heavy atom. The lowest BCUT2D eigenvalue weighted by molar-refractivity contribution is -0.142. The van der Waals surface area contributed by atoms with Gasteiger partial charge in [0.25, 0.3) is 11.1 Å². The van der Waals surface area contributed by atoms with Crippen molar-refractivity contribution >= 4 is 50.9 Å². The number of carbonyl (C=O) groups excluding carboxylic acids is 3. The first kappa shape index (κ1) is 21.3. The molecule has 1 saturated heterocycles. The Balaban J connectivity index is 2.26. The van der Waals surface area contributed by atoms with Gasteiger partial charge in [0, 0.05) is 11.6 Å². The number of halogens is 1. The van der Waals surface area contributed by atoms with Crippen LogP contribution in [0.3, 0.4) is 0 Å². The number of hydrogen-bond donors (Lipinski definition) is 0. The van der Waals surface area contributed by atoms with Gasteiger partial charge in [0.05, 0.1) is 32.3 Å². The molecule has 0 saturated carbocycles. The van der Waals surface area contributed by atoms with E-state index in [-0.39, 0.29) is 30.9 Å². The summed E-state index contributed by atoms with van der Waals surface area (Å²) in [5.41, 5.74) is 0.620. The maximum Gasteiger partial charge on any atom is 0.343 e. The van der Waals surface area contributed by atoms with E-state index in [0.29, 0.717) is 26.4 Å². The predicted octanol–water partition coefficient (Wildman–Crippen LogP) is 2.69. The van der Waals surface area contributed by atoms with Crippen LogP contribution in [0.1, 0.15) is 5.56 Å². The molecule has 0 unspecified atom stereocenters. The van der Waals surface area contributed by atoms with E-state index < -0.39 is 5.97 Å². The van der Waals surface area contributed by atoms with E-state index in [1.165, 1.54) is 21.3 Å². The third kappa shape index (κ3) is 5.24. The molecule has 2 amide bonds. The van der Waals surface area contributed by atoms with Crippen molar-refractivity contribution in [2.75, 3.05) is 41.1 Å². The molecule has 1 heterocycles. The second kappa shape index (κ2) is 9.77. The highest BCUT2D eigenvalue weighted by molar-refractivity contribution is 9.10. The molecule has 0 spiro atoms. The molecule has 0 aromatic heterocycles. The predicted molar refractivity (Wildman–Crippen MR) is 103 cm³/mol. The minimum absolute atomic E-state index is 0.198. The van der Waals surface area contributed by atoms with Gasteiger partial charge in [-0.3, -0.25) is 14.5 Å². The van der Waals surface area contributed by atoms with Gasteiger partial charge in [0.2, 0.25) is 0 Å². The van der Waals surface area contributed by atoms with Crippen molar-refractivity contribution in [3.8, 4) is 11.5 Å². The zero-order chi connectivity index (χ0) is 20.0. The number of rotatable bonds is 8. The molecule has 27 heavy (non-hydrogen) atoms. The van der Waals surface area contributed by atoms with Crippen molar-refractivity contribution in [1.29, 1.82) is 0 Å². The lowest BCUT2D eigenvalue weighted by atomic mass is 10.2. The van der Waals surface area contributed by atoms with Gasteiger partial charge < -0.3 is 18.9 Å². The zero-order valence-corrected chi connectivity index (χ0v) is 17.3. The standard InChI is InChI=1S/C17H18BrNO7S/c1-23-5-4-19-16(21)14(27-17(19)22)7-10-6-12(24-2)13(8-11(10)18)26-9-15(20)25-3/h6-8H,4-5,9H2,1-3H3/b14-7+. The SMILES string of the molecule is COCCN1C(=O)S/C(=C/c2cc(OC)c(OCC(=O)OC)cc2Br)C1=O. The fourth-order valence-corrected chi connectivity index (χ4v) is 3.44. The average Bonchev–Trinajstić information content (AvgIpc) is 2.92. The number of imide groups is 1. The molecular weight excluding hydrogens is 442 g/mol. The molecule has 1 aromatic rings. The number of esters is 1. The van der Waals surface area contributed by atoms with Crippen LogP contribution in [0.5, 0.6) is 11.5 Å². The Kier molecular flexibility index (Phi) is 7.69. The highest BCUT2D eigenvalue weighted by atomic mass is 79.9. The molecule has 0 bridgehead atoms. The Bertz CT molecular complexity index is 781. The lowest BCUT2D eigenvalue weighted by Crippen LogP contribution is -2.31. The Morgan fingerprint density at radius 3 is 2.59 bits per heavy atom. The fraction of sp³-hybridized carbons (Fsp3) is 0.353. The van der Waals surface area contributed by atoms with Crippen LogP contribution < -0.4 is 9.47 Å². The van der Waals surface area contributed by atoms with Gasteiger partial charge in [-0.2, -0.15) is 0 Å². The van der Waals surface area contributed by atoms with Crippen molar-refractivity contribution in [3.05, 3.63) is 27.1 Å². The van der Waals surface area contributed by atoms with Crippen LogP contribution in [0.15, 0.2) is 21.5 Å². The van der Waals surface area contributed by atoms with Crippen molar-refractivity contribution in [2.45, 2.75) is 0 Å². The van der Waals surface area contributed by atoms with Gasteiger partial charge in [0.1, 0.15) is 0 Å². The van der Waals surface area contributed by atoms with Gasteiger partial charge in [0.15, 0.2) is 18.1 Å². The molecular formula is C17H18BrNO7S. The molecule has 2 rings (SSSR count). The van der Waals surface area contributed by atoms with Gasteiger partial charge in [-0.1, -0.05) is 15.9 Å². The van der Waals surface area contributed by atoms with Crippen LogP contribution in [-0.2, 0) is 19.1 Å². The second-order valence-electron chi connectivity index (χ2n) is 5.22. The van der Waals surface area contributed by atoms with Crippen LogP contribution in [0.4, 0.5) is 4.79 Å². The quantitative estimate of drug-likeness (QED) is 0.432. The topological polar surface area (TPSA) is 91.4 Å². The summed E-state index contributed by atoms with van der Waals surface area (Å²) >= 11 is 4.26. The highest BCUT2D eigenvalue weighted by Crippen LogP contribution is 2.37. The van der Waals surface area contributed by atoms with Crippen LogP contribution in [0, 0.1) is 0 Å². The summed E-state index contributed by atoms with van der Waals surface area (Å²) < 4.78 is 20.7. The number of thioether (sulfide) groups is 1. The van der Waals surface area contributed by atoms with E-state index in [0.717, 1.165) is 16.7 Å². The van der Waals surface area contributed by atoms with Gasteiger partial charge in [-0.05, 0) is 35.5 Å². The number of benzene rings is 1. The van der Waals surface area contributed by atoms with Crippen LogP contribution in [0.25, 0.3) is 6.08 Å². The molecule has 1 aliphatic rings. The number of hydrogen-bond acceptors (Lipinski definition) is 8. The summed E-state index contributed by atoms with van der Waals surface area (Å²) in [6.45, 7) is 0.204. The van der Waals surface area contributed by atoms with Crippen molar-refractivity contribution in [3.63, 3.8) is 0 Å². The Hall–Kier alpha value is -2.04. The van der Waals surface area contributed by atoms with E-state index in [9.17, 15) is 14.4 Å². The number of carbonyl (C=O) groups is 3. The largest absolute Gasteiger partial charge is 0.493 e. The van der Waals surface area contributed by atoms with E-state index in [1.807, 2.05) is 0 Å². The third-order valence-corrected chi connectivity index (χ3v) is 5.13. The molecule has 8 nitrogen and oxygen atoms in total. The van der Waals surface area contributed by atoms with E-state index in [4.69, 9.17) is 14.2 Å². The zero-order valence-electron chi connectivity index (χ0n) is 14.9. The number of nitrogens with zero attached hydrogens (tertiary/aromatic N) is 1. The summed E-state index contributed by atoms with van der Waals surface area (Å²) in [5, 5.41) is -0.343. The monoisotopic (exact) mass is 459 g/mol. The summed E-state index contributed by atoms with van der Waals surface area (Å²) in [7, 11) is 4.22. The lowest BCUT2D eigenvalue weighted by Gasteiger charge is -2.12. The first-order chi connectivity index (χ1) is 12.9. The van der Waals surface area contributed by atoms with Gasteiger partial charge in [-0.15, -0.1) is 0 Å². The van der Waals surface area contributed by atoms with Gasteiger partial charge in [-0.25, -0.2) is 4.79 Å². The number of amides is 2.